The second-order valence-corrected chi connectivity index (χ2v) is 6.42. The van der Waals surface area contributed by atoms with E-state index in [0.717, 1.165) is 0 Å². The minimum Gasteiger partial charge on any atom is -0.462 e. The van der Waals surface area contributed by atoms with Gasteiger partial charge < -0.3 is 28.8 Å². The fraction of sp³-hybridized carbons (Fsp3) is 0.750. The van der Waals surface area contributed by atoms with Gasteiger partial charge in [-0.3, -0.25) is 9.59 Å². The highest BCUT2D eigenvalue weighted by atomic mass is 16.8. The lowest BCUT2D eigenvalue weighted by Gasteiger charge is -2.36. The molecule has 0 aliphatic carbocycles. The molecule has 2 fully saturated rings. The van der Waals surface area contributed by atoms with Gasteiger partial charge in [0.1, 0.15) is 24.4 Å². The van der Waals surface area contributed by atoms with Gasteiger partial charge in [0.25, 0.3) is 0 Å². The van der Waals surface area contributed by atoms with Crippen LogP contribution >= 0.6 is 0 Å². The van der Waals surface area contributed by atoms with E-state index in [2.05, 4.69) is 6.58 Å². The Hall–Kier alpha value is -1.48. The highest BCUT2D eigenvalue weighted by Crippen LogP contribution is 2.46. The normalized spacial score (nSPS) is 35.1. The van der Waals surface area contributed by atoms with Crippen LogP contribution in [0.4, 0.5) is 0 Å². The van der Waals surface area contributed by atoms with Gasteiger partial charge in [-0.15, -0.1) is 6.58 Å². The smallest absolute Gasteiger partial charge is 0.303 e. The molecule has 24 heavy (non-hydrogen) atoms. The Morgan fingerprint density at radius 2 is 1.96 bits per heavy atom. The number of rotatable bonds is 6. The summed E-state index contributed by atoms with van der Waals surface area (Å²) in [7, 11) is 0. The number of aliphatic hydroxyl groups is 1. The molecule has 0 spiro atoms. The first-order valence-electron chi connectivity index (χ1n) is 7.74. The van der Waals surface area contributed by atoms with Crippen molar-refractivity contribution in [1.29, 1.82) is 0 Å². The summed E-state index contributed by atoms with van der Waals surface area (Å²) in [6.07, 6.45) is -1.97. The lowest BCUT2D eigenvalue weighted by molar-refractivity contribution is -0.246. The topological polar surface area (TPSA) is 101 Å². The second kappa shape index (κ2) is 6.79. The van der Waals surface area contributed by atoms with Crippen molar-refractivity contribution in [3.8, 4) is 0 Å². The molecule has 0 radical (unpaired) electrons. The molecular formula is C16H24O8. The molecule has 8 nitrogen and oxygen atoms in total. The Balaban J connectivity index is 2.26. The predicted molar refractivity (Wildman–Crippen MR) is 80.6 cm³/mol. The Labute approximate surface area is 140 Å². The fourth-order valence-electron chi connectivity index (χ4n) is 3.06. The third-order valence-corrected chi connectivity index (χ3v) is 3.90. The Bertz CT molecular complexity index is 516. The van der Waals surface area contributed by atoms with Crippen molar-refractivity contribution < 1.29 is 38.4 Å². The molecule has 2 rings (SSSR count). The van der Waals surface area contributed by atoms with Crippen molar-refractivity contribution in [1.82, 2.24) is 0 Å². The monoisotopic (exact) mass is 344 g/mol. The molecule has 8 heteroatoms. The molecule has 2 saturated heterocycles. The van der Waals surface area contributed by atoms with Crippen LogP contribution in [-0.2, 0) is 33.3 Å². The molecule has 0 aromatic heterocycles. The van der Waals surface area contributed by atoms with Gasteiger partial charge >= 0.3 is 11.9 Å². The minimum absolute atomic E-state index is 0.121. The van der Waals surface area contributed by atoms with E-state index < -0.39 is 47.9 Å². The maximum atomic E-state index is 11.4. The maximum Gasteiger partial charge on any atom is 0.303 e. The summed E-state index contributed by atoms with van der Waals surface area (Å²) < 4.78 is 27.3. The first-order chi connectivity index (χ1) is 11.1. The average Bonchev–Trinajstić information content (AvgIpc) is 2.87. The molecule has 1 N–H and O–H groups in total. The van der Waals surface area contributed by atoms with Crippen molar-refractivity contribution >= 4 is 11.9 Å². The molecule has 136 valence electrons. The van der Waals surface area contributed by atoms with Crippen molar-refractivity contribution in [2.75, 3.05) is 6.61 Å². The summed E-state index contributed by atoms with van der Waals surface area (Å²) >= 11 is 0. The van der Waals surface area contributed by atoms with E-state index in [-0.39, 0.29) is 13.0 Å². The lowest BCUT2D eigenvalue weighted by Crippen LogP contribution is -2.55. The summed E-state index contributed by atoms with van der Waals surface area (Å²) in [5.41, 5.74) is -1.54. The summed E-state index contributed by atoms with van der Waals surface area (Å²) in [4.78, 5) is 22.5. The summed E-state index contributed by atoms with van der Waals surface area (Å²) in [5, 5.41) is 11.2. The van der Waals surface area contributed by atoms with Crippen LogP contribution in [0.3, 0.4) is 0 Å². The standard InChI is InChI=1S/C16H24O8/c1-6-7-16(19)12(11(21-10(3)18)8-20-9(2)17)22-14-13(16)23-15(4,5)24-14/h6,11-14,19H,1,7-8H2,2-5H3/t11-,12-,13+,14-,16+/m1/s1. The van der Waals surface area contributed by atoms with Crippen LogP contribution in [0.15, 0.2) is 12.7 Å². The molecule has 2 heterocycles. The molecule has 0 saturated carbocycles. The zero-order valence-electron chi connectivity index (χ0n) is 14.3. The Morgan fingerprint density at radius 3 is 2.50 bits per heavy atom. The van der Waals surface area contributed by atoms with E-state index in [4.69, 9.17) is 23.7 Å². The lowest BCUT2D eigenvalue weighted by atomic mass is 9.86. The van der Waals surface area contributed by atoms with E-state index in [1.807, 2.05) is 0 Å². The maximum absolute atomic E-state index is 11.4. The van der Waals surface area contributed by atoms with E-state index in [9.17, 15) is 14.7 Å². The first kappa shape index (κ1) is 18.9. The van der Waals surface area contributed by atoms with Crippen LogP contribution in [-0.4, -0.2) is 59.6 Å². The minimum atomic E-state index is -1.54. The van der Waals surface area contributed by atoms with Crippen molar-refractivity contribution in [2.45, 2.75) is 70.1 Å². The van der Waals surface area contributed by atoms with Crippen LogP contribution in [0.2, 0.25) is 0 Å². The first-order valence-corrected chi connectivity index (χ1v) is 7.74. The van der Waals surface area contributed by atoms with Gasteiger partial charge in [-0.2, -0.15) is 0 Å². The summed E-state index contributed by atoms with van der Waals surface area (Å²) in [6, 6.07) is 0. The molecule has 2 aliphatic heterocycles. The number of hydrogen-bond donors (Lipinski definition) is 1. The van der Waals surface area contributed by atoms with E-state index in [1.165, 1.54) is 19.9 Å². The van der Waals surface area contributed by atoms with Gasteiger partial charge in [0.05, 0.1) is 0 Å². The third-order valence-electron chi connectivity index (χ3n) is 3.90. The quantitative estimate of drug-likeness (QED) is 0.554. The molecule has 0 aromatic carbocycles. The zero-order chi connectivity index (χ0) is 18.1. The highest BCUT2D eigenvalue weighted by Gasteiger charge is 2.64. The molecule has 5 atom stereocenters. The largest absolute Gasteiger partial charge is 0.462 e. The second-order valence-electron chi connectivity index (χ2n) is 6.42. The number of carbonyl (C=O) groups excluding carboxylic acids is 2. The van der Waals surface area contributed by atoms with Crippen LogP contribution in [0, 0.1) is 0 Å². The predicted octanol–water partition coefficient (Wildman–Crippen LogP) is 0.665. The molecule has 2 aliphatic rings. The molecule has 0 aromatic rings. The van der Waals surface area contributed by atoms with E-state index >= 15 is 0 Å². The summed E-state index contributed by atoms with van der Waals surface area (Å²) in [5.74, 6) is -2.04. The average molecular weight is 344 g/mol. The van der Waals surface area contributed by atoms with Crippen LogP contribution in [0.5, 0.6) is 0 Å². The fourth-order valence-corrected chi connectivity index (χ4v) is 3.06. The Morgan fingerprint density at radius 1 is 1.29 bits per heavy atom. The van der Waals surface area contributed by atoms with Gasteiger partial charge in [0, 0.05) is 13.8 Å². The van der Waals surface area contributed by atoms with E-state index in [1.54, 1.807) is 13.8 Å². The van der Waals surface area contributed by atoms with Gasteiger partial charge in [-0.05, 0) is 20.3 Å². The zero-order valence-corrected chi connectivity index (χ0v) is 14.3. The highest BCUT2D eigenvalue weighted by molar-refractivity contribution is 5.67. The molecule has 0 bridgehead atoms. The van der Waals surface area contributed by atoms with Crippen LogP contribution in [0.1, 0.15) is 34.1 Å². The van der Waals surface area contributed by atoms with Crippen molar-refractivity contribution in [2.24, 2.45) is 0 Å². The number of hydrogen-bond acceptors (Lipinski definition) is 8. The van der Waals surface area contributed by atoms with Crippen molar-refractivity contribution in [3.05, 3.63) is 12.7 Å². The number of ether oxygens (including phenoxy) is 5. The number of carbonyl (C=O) groups is 2. The SMILES string of the molecule is C=CC[C@]1(O)[C@@H]([C@@H](COC(C)=O)OC(C)=O)O[C@@H]2OC(C)(C)O[C@@H]21. The Kier molecular flexibility index (Phi) is 5.34. The molecule has 0 unspecified atom stereocenters. The van der Waals surface area contributed by atoms with Crippen LogP contribution in [0.25, 0.3) is 0 Å². The summed E-state index contributed by atoms with van der Waals surface area (Å²) in [6.45, 7) is 9.27. The van der Waals surface area contributed by atoms with Gasteiger partial charge in [0.2, 0.25) is 0 Å². The van der Waals surface area contributed by atoms with Crippen molar-refractivity contribution in [3.63, 3.8) is 0 Å². The van der Waals surface area contributed by atoms with Gasteiger partial charge in [0.15, 0.2) is 18.2 Å². The van der Waals surface area contributed by atoms with E-state index in [0.29, 0.717) is 0 Å². The van der Waals surface area contributed by atoms with Gasteiger partial charge in [-0.25, -0.2) is 0 Å². The number of esters is 2. The van der Waals surface area contributed by atoms with Crippen LogP contribution < -0.4 is 0 Å². The van der Waals surface area contributed by atoms with Gasteiger partial charge in [-0.1, -0.05) is 6.08 Å². The number of fused-ring (bicyclic) bond motifs is 1. The molecule has 0 amide bonds. The third kappa shape index (κ3) is 3.77. The molecular weight excluding hydrogens is 320 g/mol.